The topological polar surface area (TPSA) is 106 Å². The minimum absolute atomic E-state index is 0.0830. The van der Waals surface area contributed by atoms with Crippen LogP contribution in [0.25, 0.3) is 0 Å². The van der Waals surface area contributed by atoms with Crippen LogP contribution in [0.4, 0.5) is 0 Å². The largest absolute Gasteiger partial charge is 0.493 e. The Morgan fingerprint density at radius 2 is 1.90 bits per heavy atom. The number of benzene rings is 1. The maximum absolute atomic E-state index is 12.6. The molecule has 8 nitrogen and oxygen atoms in total. The fraction of sp³-hybridized carbons (Fsp3) is 0.652. The minimum atomic E-state index is -1.01. The molecule has 3 rings (SSSR count). The molecule has 8 heteroatoms. The summed E-state index contributed by atoms with van der Waals surface area (Å²) >= 11 is 0. The van der Waals surface area contributed by atoms with Crippen molar-refractivity contribution in [1.82, 2.24) is 4.90 Å². The van der Waals surface area contributed by atoms with Gasteiger partial charge in [0.25, 0.3) is 0 Å². The first kappa shape index (κ1) is 23.3. The second-order valence-corrected chi connectivity index (χ2v) is 8.49. The van der Waals surface area contributed by atoms with Crippen LogP contribution in [0.1, 0.15) is 56.9 Å². The van der Waals surface area contributed by atoms with Gasteiger partial charge in [0.05, 0.1) is 32.3 Å². The number of carboxylic acids is 1. The first-order valence-corrected chi connectivity index (χ1v) is 10.9. The van der Waals surface area contributed by atoms with E-state index in [2.05, 4.69) is 0 Å². The van der Waals surface area contributed by atoms with Crippen molar-refractivity contribution in [3.8, 4) is 11.5 Å². The first-order chi connectivity index (χ1) is 14.8. The number of carbonyl (C=O) groups excluding carboxylic acids is 1. The number of aliphatic carboxylic acids is 1. The van der Waals surface area contributed by atoms with Gasteiger partial charge in [-0.15, -0.1) is 0 Å². The second kappa shape index (κ2) is 9.87. The molecule has 1 saturated heterocycles. The quantitative estimate of drug-likeness (QED) is 0.614. The van der Waals surface area contributed by atoms with Gasteiger partial charge in [-0.1, -0.05) is 6.07 Å². The van der Waals surface area contributed by atoms with Crippen LogP contribution in [0, 0.1) is 0 Å². The Morgan fingerprint density at radius 3 is 2.48 bits per heavy atom. The van der Waals surface area contributed by atoms with E-state index in [1.807, 2.05) is 18.2 Å². The second-order valence-electron chi connectivity index (χ2n) is 8.49. The summed E-state index contributed by atoms with van der Waals surface area (Å²) in [6, 6.07) is 5.67. The summed E-state index contributed by atoms with van der Waals surface area (Å²) in [5.41, 5.74) is -0.122. The van der Waals surface area contributed by atoms with Crippen molar-refractivity contribution in [2.75, 3.05) is 27.3 Å². The molecule has 2 fully saturated rings. The number of rotatable bonds is 9. The summed E-state index contributed by atoms with van der Waals surface area (Å²) in [4.78, 5) is 25.1. The molecule has 1 aromatic rings. The maximum Gasteiger partial charge on any atom is 0.303 e. The third kappa shape index (κ3) is 4.96. The van der Waals surface area contributed by atoms with E-state index in [1.54, 1.807) is 18.9 Å². The van der Waals surface area contributed by atoms with E-state index in [-0.39, 0.29) is 37.3 Å². The van der Waals surface area contributed by atoms with Gasteiger partial charge in [0, 0.05) is 26.0 Å². The van der Waals surface area contributed by atoms with E-state index >= 15 is 0 Å². The van der Waals surface area contributed by atoms with Crippen molar-refractivity contribution in [3.63, 3.8) is 0 Å². The van der Waals surface area contributed by atoms with Crippen LogP contribution in [-0.2, 0) is 14.3 Å². The van der Waals surface area contributed by atoms with Crippen LogP contribution in [0.5, 0.6) is 11.5 Å². The lowest BCUT2D eigenvalue weighted by molar-refractivity contribution is -0.141. The third-order valence-electron chi connectivity index (χ3n) is 6.61. The first-order valence-electron chi connectivity index (χ1n) is 10.9. The van der Waals surface area contributed by atoms with Crippen molar-refractivity contribution >= 4 is 11.9 Å². The molecule has 1 amide bonds. The van der Waals surface area contributed by atoms with Gasteiger partial charge in [-0.3, -0.25) is 9.59 Å². The molecule has 0 radical (unpaired) electrons. The average molecular weight is 436 g/mol. The van der Waals surface area contributed by atoms with Crippen LogP contribution in [0.2, 0.25) is 0 Å². The lowest BCUT2D eigenvalue weighted by Crippen LogP contribution is -2.49. The highest BCUT2D eigenvalue weighted by molar-refractivity contribution is 5.81. The zero-order chi connectivity index (χ0) is 22.6. The Labute approximate surface area is 183 Å². The van der Waals surface area contributed by atoms with E-state index in [4.69, 9.17) is 19.3 Å². The fourth-order valence-corrected chi connectivity index (χ4v) is 4.79. The summed E-state index contributed by atoms with van der Waals surface area (Å²) in [5.74, 6) is -0.284. The Kier molecular flexibility index (Phi) is 7.43. The fourth-order valence-electron chi connectivity index (χ4n) is 4.79. The predicted octanol–water partition coefficient (Wildman–Crippen LogP) is 2.57. The molecule has 0 unspecified atom stereocenters. The number of nitrogens with zero attached hydrogens (tertiary/aromatic N) is 1. The van der Waals surface area contributed by atoms with E-state index in [0.29, 0.717) is 18.0 Å². The summed E-state index contributed by atoms with van der Waals surface area (Å²) in [5, 5.41) is 19.5. The van der Waals surface area contributed by atoms with Crippen molar-refractivity contribution < 1.29 is 34.0 Å². The van der Waals surface area contributed by atoms with Gasteiger partial charge >= 0.3 is 5.97 Å². The normalized spacial score (nSPS) is 24.9. The van der Waals surface area contributed by atoms with E-state index in [0.717, 1.165) is 31.2 Å². The van der Waals surface area contributed by atoms with Crippen LogP contribution in [0.3, 0.4) is 0 Å². The standard InChI is InChI=1S/C23H33NO7/c1-15(25)23(30-3)14-24(21(26)10-11-22(27)28)13-18(23)16-8-9-19(29-2)20(12-16)31-17-6-4-5-7-17/h8-9,12,15,17-18,25H,4-7,10-11,13-14H2,1-3H3,(H,27,28)/t15-,18-,23+/m1/s1. The van der Waals surface area contributed by atoms with Crippen molar-refractivity contribution in [3.05, 3.63) is 23.8 Å². The summed E-state index contributed by atoms with van der Waals surface area (Å²) in [6.45, 7) is 2.17. The Bertz CT molecular complexity index is 790. The highest BCUT2D eigenvalue weighted by atomic mass is 16.5. The number of ether oxygens (including phenoxy) is 3. The Balaban J connectivity index is 1.90. The third-order valence-corrected chi connectivity index (χ3v) is 6.61. The van der Waals surface area contributed by atoms with Gasteiger partial charge in [0.2, 0.25) is 5.91 Å². The van der Waals surface area contributed by atoms with E-state index in [9.17, 15) is 14.7 Å². The highest BCUT2D eigenvalue weighted by Gasteiger charge is 2.52. The molecule has 31 heavy (non-hydrogen) atoms. The van der Waals surface area contributed by atoms with Gasteiger partial charge in [0.15, 0.2) is 11.5 Å². The monoisotopic (exact) mass is 435 g/mol. The van der Waals surface area contributed by atoms with Crippen molar-refractivity contribution in [1.29, 1.82) is 0 Å². The van der Waals surface area contributed by atoms with Gasteiger partial charge in [-0.2, -0.15) is 0 Å². The number of aliphatic hydroxyl groups is 1. The minimum Gasteiger partial charge on any atom is -0.493 e. The summed E-state index contributed by atoms with van der Waals surface area (Å²) in [6.07, 6.45) is 3.33. The SMILES string of the molecule is COc1ccc([C@H]2CN(C(=O)CCC(=O)O)C[C@]2(OC)[C@@H](C)O)cc1OC1CCCC1. The molecule has 3 atom stereocenters. The van der Waals surface area contributed by atoms with Crippen LogP contribution >= 0.6 is 0 Å². The number of likely N-dealkylation sites (tertiary alicyclic amines) is 1. The van der Waals surface area contributed by atoms with Gasteiger partial charge < -0.3 is 29.3 Å². The molecule has 1 aliphatic heterocycles. The summed E-state index contributed by atoms with van der Waals surface area (Å²) in [7, 11) is 3.13. The van der Waals surface area contributed by atoms with Crippen molar-refractivity contribution in [2.24, 2.45) is 0 Å². The molecule has 2 N–H and O–H groups in total. The molecule has 1 saturated carbocycles. The molecule has 1 aromatic carbocycles. The van der Waals surface area contributed by atoms with Gasteiger partial charge in [-0.25, -0.2) is 0 Å². The number of methoxy groups -OCH3 is 2. The Morgan fingerprint density at radius 1 is 1.19 bits per heavy atom. The lowest BCUT2D eigenvalue weighted by Gasteiger charge is -2.36. The van der Waals surface area contributed by atoms with Crippen molar-refractivity contribution in [2.45, 2.75) is 69.2 Å². The number of carboxylic acid groups (broad SMARTS) is 1. The molecule has 172 valence electrons. The average Bonchev–Trinajstić information content (AvgIpc) is 3.40. The molecule has 2 aliphatic rings. The maximum atomic E-state index is 12.6. The van der Waals surface area contributed by atoms with Gasteiger partial charge in [-0.05, 0) is 50.3 Å². The number of hydrogen-bond acceptors (Lipinski definition) is 6. The molecular weight excluding hydrogens is 402 g/mol. The number of amides is 1. The lowest BCUT2D eigenvalue weighted by atomic mass is 9.81. The van der Waals surface area contributed by atoms with Crippen LogP contribution in [-0.4, -0.2) is 72.1 Å². The smallest absolute Gasteiger partial charge is 0.303 e. The zero-order valence-corrected chi connectivity index (χ0v) is 18.5. The molecule has 0 spiro atoms. The zero-order valence-electron chi connectivity index (χ0n) is 18.5. The van der Waals surface area contributed by atoms with E-state index < -0.39 is 17.7 Å². The molecule has 0 bridgehead atoms. The predicted molar refractivity (Wildman–Crippen MR) is 113 cm³/mol. The molecular formula is C23H33NO7. The summed E-state index contributed by atoms with van der Waals surface area (Å²) < 4.78 is 17.5. The number of hydrogen-bond donors (Lipinski definition) is 2. The number of aliphatic hydroxyl groups excluding tert-OH is 1. The molecule has 0 aromatic heterocycles. The van der Waals surface area contributed by atoms with E-state index in [1.165, 1.54) is 7.11 Å². The molecule has 1 aliphatic carbocycles. The molecule has 1 heterocycles. The van der Waals surface area contributed by atoms with Crippen LogP contribution < -0.4 is 9.47 Å². The number of carbonyl (C=O) groups is 2. The van der Waals surface area contributed by atoms with Gasteiger partial charge in [0.1, 0.15) is 5.60 Å². The Hall–Kier alpha value is -2.32. The van der Waals surface area contributed by atoms with Crippen LogP contribution in [0.15, 0.2) is 18.2 Å². The highest BCUT2D eigenvalue weighted by Crippen LogP contribution is 2.44.